The van der Waals surface area contributed by atoms with Crippen LogP contribution in [0.25, 0.3) is 0 Å². The number of hydrogen-bond donors (Lipinski definition) is 1. The molecule has 0 fully saturated rings. The first-order valence-corrected chi connectivity index (χ1v) is 6.02. The van der Waals surface area contributed by atoms with Crippen LogP contribution in [0.2, 0.25) is 0 Å². The van der Waals surface area contributed by atoms with Gasteiger partial charge in [-0.25, -0.2) is 4.79 Å². The molecule has 1 N–H and O–H groups in total. The Labute approximate surface area is 110 Å². The summed E-state index contributed by atoms with van der Waals surface area (Å²) in [6.45, 7) is 2.04. The van der Waals surface area contributed by atoms with Crippen LogP contribution in [0.15, 0.2) is 24.3 Å². The molecule has 1 unspecified atom stereocenters. The molecule has 1 aliphatic rings. The van der Waals surface area contributed by atoms with Crippen molar-refractivity contribution in [3.63, 3.8) is 0 Å². The second kappa shape index (κ2) is 6.08. The highest BCUT2D eigenvalue weighted by Crippen LogP contribution is 2.30. The third kappa shape index (κ3) is 3.37. The van der Waals surface area contributed by atoms with Gasteiger partial charge in [0.2, 0.25) is 6.10 Å². The molecular formula is C13H15NO5. The molecule has 1 aliphatic heterocycles. The Morgan fingerprint density at radius 3 is 2.84 bits per heavy atom. The first-order chi connectivity index (χ1) is 9.20. The van der Waals surface area contributed by atoms with Crippen molar-refractivity contribution in [2.75, 3.05) is 19.8 Å². The Hall–Kier alpha value is -2.24. The zero-order chi connectivity index (χ0) is 13.7. The maximum atomic E-state index is 11.7. The fourth-order valence-corrected chi connectivity index (χ4v) is 1.61. The van der Waals surface area contributed by atoms with Crippen molar-refractivity contribution in [1.29, 1.82) is 0 Å². The zero-order valence-corrected chi connectivity index (χ0v) is 10.5. The number of nitrogens with one attached hydrogen (secondary N) is 1. The number of ether oxygens (including phenoxy) is 3. The van der Waals surface area contributed by atoms with Crippen molar-refractivity contribution in [2.24, 2.45) is 0 Å². The lowest BCUT2D eigenvalue weighted by atomic mass is 10.2. The van der Waals surface area contributed by atoms with Gasteiger partial charge in [-0.3, -0.25) is 4.79 Å². The lowest BCUT2D eigenvalue weighted by Gasteiger charge is -2.24. The van der Waals surface area contributed by atoms with Crippen molar-refractivity contribution < 1.29 is 23.8 Å². The summed E-state index contributed by atoms with van der Waals surface area (Å²) in [4.78, 5) is 22.9. The SMILES string of the molecule is CCNC(=O)COC(=O)C1COc2ccccc2O1. The van der Waals surface area contributed by atoms with Gasteiger partial charge in [-0.1, -0.05) is 12.1 Å². The Bertz CT molecular complexity index is 474. The van der Waals surface area contributed by atoms with Crippen molar-refractivity contribution in [2.45, 2.75) is 13.0 Å². The molecule has 1 aromatic rings. The van der Waals surface area contributed by atoms with Gasteiger partial charge in [-0.2, -0.15) is 0 Å². The second-order valence-corrected chi connectivity index (χ2v) is 3.93. The molecule has 6 heteroatoms. The number of benzene rings is 1. The average Bonchev–Trinajstić information content (AvgIpc) is 2.44. The molecule has 6 nitrogen and oxygen atoms in total. The first-order valence-electron chi connectivity index (χ1n) is 6.02. The summed E-state index contributed by atoms with van der Waals surface area (Å²) in [6.07, 6.45) is -0.843. The van der Waals surface area contributed by atoms with Crippen LogP contribution < -0.4 is 14.8 Å². The van der Waals surface area contributed by atoms with Crippen LogP contribution in [-0.2, 0) is 14.3 Å². The largest absolute Gasteiger partial charge is 0.485 e. The smallest absolute Gasteiger partial charge is 0.351 e. The minimum absolute atomic E-state index is 0.0746. The van der Waals surface area contributed by atoms with Gasteiger partial charge in [0.05, 0.1) is 0 Å². The monoisotopic (exact) mass is 265 g/mol. The fraction of sp³-hybridized carbons (Fsp3) is 0.385. The number of amides is 1. The molecule has 102 valence electrons. The molecule has 1 atom stereocenters. The molecule has 0 radical (unpaired) electrons. The summed E-state index contributed by atoms with van der Waals surface area (Å²) in [5.41, 5.74) is 0. The van der Waals surface area contributed by atoms with E-state index in [1.54, 1.807) is 25.1 Å². The van der Waals surface area contributed by atoms with E-state index >= 15 is 0 Å². The minimum Gasteiger partial charge on any atom is -0.485 e. The predicted molar refractivity (Wildman–Crippen MR) is 66.0 cm³/mol. The quantitative estimate of drug-likeness (QED) is 0.803. The van der Waals surface area contributed by atoms with Crippen LogP contribution >= 0.6 is 0 Å². The maximum Gasteiger partial charge on any atom is 0.351 e. The van der Waals surface area contributed by atoms with E-state index in [0.717, 1.165) is 0 Å². The maximum absolute atomic E-state index is 11.7. The number of fused-ring (bicyclic) bond motifs is 1. The molecule has 0 spiro atoms. The van der Waals surface area contributed by atoms with E-state index in [-0.39, 0.29) is 19.1 Å². The van der Waals surface area contributed by atoms with Gasteiger partial charge in [0.15, 0.2) is 18.1 Å². The highest BCUT2D eigenvalue weighted by Gasteiger charge is 2.28. The number of carbonyl (C=O) groups excluding carboxylic acids is 2. The lowest BCUT2D eigenvalue weighted by molar-refractivity contribution is -0.157. The van der Waals surface area contributed by atoms with Crippen molar-refractivity contribution >= 4 is 11.9 Å². The number of likely N-dealkylation sites (N-methyl/N-ethyl adjacent to an activating group) is 1. The topological polar surface area (TPSA) is 73.9 Å². The number of para-hydroxylation sites is 2. The van der Waals surface area contributed by atoms with Crippen LogP contribution in [0.4, 0.5) is 0 Å². The van der Waals surface area contributed by atoms with Crippen LogP contribution in [0.1, 0.15) is 6.92 Å². The Morgan fingerprint density at radius 1 is 1.37 bits per heavy atom. The van der Waals surface area contributed by atoms with Gasteiger partial charge in [0.25, 0.3) is 5.91 Å². The number of rotatable bonds is 4. The van der Waals surface area contributed by atoms with Gasteiger partial charge in [0.1, 0.15) is 6.61 Å². The fourth-order valence-electron chi connectivity index (χ4n) is 1.61. The third-order valence-corrected chi connectivity index (χ3v) is 2.49. The first kappa shape index (κ1) is 13.2. The number of carbonyl (C=O) groups is 2. The Kier molecular flexibility index (Phi) is 4.22. The van der Waals surface area contributed by atoms with E-state index in [4.69, 9.17) is 14.2 Å². The third-order valence-electron chi connectivity index (χ3n) is 2.49. The highest BCUT2D eigenvalue weighted by molar-refractivity contribution is 5.82. The van der Waals surface area contributed by atoms with Gasteiger partial charge >= 0.3 is 5.97 Å². The molecule has 19 heavy (non-hydrogen) atoms. The van der Waals surface area contributed by atoms with Crippen LogP contribution in [-0.4, -0.2) is 37.7 Å². The molecule has 1 amide bonds. The van der Waals surface area contributed by atoms with E-state index in [1.807, 2.05) is 6.07 Å². The van der Waals surface area contributed by atoms with Crippen molar-refractivity contribution in [3.8, 4) is 11.5 Å². The molecule has 1 aromatic carbocycles. The van der Waals surface area contributed by atoms with E-state index in [0.29, 0.717) is 18.0 Å². The van der Waals surface area contributed by atoms with Crippen LogP contribution in [0, 0.1) is 0 Å². The van der Waals surface area contributed by atoms with Crippen molar-refractivity contribution in [1.82, 2.24) is 5.32 Å². The molecule has 0 saturated heterocycles. The summed E-state index contributed by atoms with van der Waals surface area (Å²) in [5, 5.41) is 2.53. The number of hydrogen-bond acceptors (Lipinski definition) is 5. The summed E-state index contributed by atoms with van der Waals surface area (Å²) in [6, 6.07) is 7.06. The lowest BCUT2D eigenvalue weighted by Crippen LogP contribution is -2.39. The predicted octanol–water partition coefficient (Wildman–Crippen LogP) is 0.506. The van der Waals surface area contributed by atoms with E-state index in [1.165, 1.54) is 0 Å². The number of esters is 1. The molecule has 0 aromatic heterocycles. The zero-order valence-electron chi connectivity index (χ0n) is 10.5. The molecular weight excluding hydrogens is 250 g/mol. The Balaban J connectivity index is 1.87. The van der Waals surface area contributed by atoms with E-state index < -0.39 is 12.1 Å². The normalized spacial score (nSPS) is 16.6. The van der Waals surface area contributed by atoms with E-state index in [2.05, 4.69) is 5.32 Å². The standard InChI is InChI=1S/C13H15NO5/c1-2-14-12(15)8-18-13(16)11-7-17-9-5-3-4-6-10(9)19-11/h3-6,11H,2,7-8H2,1H3,(H,14,15). The molecule has 2 rings (SSSR count). The second-order valence-electron chi connectivity index (χ2n) is 3.93. The average molecular weight is 265 g/mol. The minimum atomic E-state index is -0.843. The van der Waals surface area contributed by atoms with Gasteiger partial charge in [0, 0.05) is 6.54 Å². The summed E-state index contributed by atoms with van der Waals surface area (Å²) >= 11 is 0. The summed E-state index contributed by atoms with van der Waals surface area (Å²) in [5.74, 6) is 0.137. The summed E-state index contributed by atoms with van der Waals surface area (Å²) < 4.78 is 15.7. The van der Waals surface area contributed by atoms with Gasteiger partial charge in [-0.05, 0) is 19.1 Å². The molecule has 0 bridgehead atoms. The molecule has 0 aliphatic carbocycles. The molecule has 0 saturated carbocycles. The summed E-state index contributed by atoms with van der Waals surface area (Å²) in [7, 11) is 0. The molecule has 1 heterocycles. The Morgan fingerprint density at radius 2 is 2.11 bits per heavy atom. The van der Waals surface area contributed by atoms with Crippen LogP contribution in [0.5, 0.6) is 11.5 Å². The van der Waals surface area contributed by atoms with E-state index in [9.17, 15) is 9.59 Å². The van der Waals surface area contributed by atoms with Crippen LogP contribution in [0.3, 0.4) is 0 Å². The highest BCUT2D eigenvalue weighted by atomic mass is 16.6. The van der Waals surface area contributed by atoms with Crippen molar-refractivity contribution in [3.05, 3.63) is 24.3 Å². The van der Waals surface area contributed by atoms with Gasteiger partial charge < -0.3 is 19.5 Å². The van der Waals surface area contributed by atoms with Gasteiger partial charge in [-0.15, -0.1) is 0 Å².